The van der Waals surface area contributed by atoms with Gasteiger partial charge in [0.05, 0.1) is 19.1 Å². The maximum absolute atomic E-state index is 12.0. The van der Waals surface area contributed by atoms with Gasteiger partial charge in [0.1, 0.15) is 0 Å². The standard InChI is InChI=1S/C13H16BrNO3/c1-3-9(8-12(16)18-2)15-13(17)10-6-4-5-7-11(10)14/h4-7,9H,3,8H2,1-2H3,(H,15,17). The highest BCUT2D eigenvalue weighted by Gasteiger charge is 2.17. The minimum atomic E-state index is -0.325. The van der Waals surface area contributed by atoms with Gasteiger partial charge >= 0.3 is 5.97 Å². The third-order valence-electron chi connectivity index (χ3n) is 2.59. The van der Waals surface area contributed by atoms with Gasteiger partial charge in [-0.25, -0.2) is 0 Å². The van der Waals surface area contributed by atoms with Crippen LogP contribution < -0.4 is 5.32 Å². The molecule has 0 spiro atoms. The lowest BCUT2D eigenvalue weighted by Crippen LogP contribution is -2.36. The molecule has 0 aromatic heterocycles. The fourth-order valence-corrected chi connectivity index (χ4v) is 1.96. The van der Waals surface area contributed by atoms with Crippen LogP contribution in [0, 0.1) is 0 Å². The zero-order valence-corrected chi connectivity index (χ0v) is 12.0. The van der Waals surface area contributed by atoms with Crippen molar-refractivity contribution < 1.29 is 14.3 Å². The monoisotopic (exact) mass is 313 g/mol. The van der Waals surface area contributed by atoms with Gasteiger partial charge in [-0.3, -0.25) is 9.59 Å². The number of methoxy groups -OCH3 is 1. The molecule has 0 aliphatic carbocycles. The number of esters is 1. The maximum atomic E-state index is 12.0. The number of rotatable bonds is 5. The third-order valence-corrected chi connectivity index (χ3v) is 3.28. The molecule has 98 valence electrons. The molecule has 1 unspecified atom stereocenters. The number of ether oxygens (including phenoxy) is 1. The van der Waals surface area contributed by atoms with Crippen LogP contribution in [-0.2, 0) is 9.53 Å². The number of hydrogen-bond donors (Lipinski definition) is 1. The molecule has 0 fully saturated rings. The molecule has 1 aromatic rings. The Bertz CT molecular complexity index is 434. The molecule has 1 atom stereocenters. The van der Waals surface area contributed by atoms with Gasteiger partial charge in [0.25, 0.3) is 5.91 Å². The van der Waals surface area contributed by atoms with Crippen molar-refractivity contribution in [3.8, 4) is 0 Å². The normalized spacial score (nSPS) is 11.7. The SMILES string of the molecule is CCC(CC(=O)OC)NC(=O)c1ccccc1Br. The molecule has 0 aliphatic heterocycles. The molecular weight excluding hydrogens is 298 g/mol. The van der Waals surface area contributed by atoms with E-state index >= 15 is 0 Å². The first-order valence-corrected chi connectivity index (χ1v) is 6.50. The summed E-state index contributed by atoms with van der Waals surface area (Å²) in [4.78, 5) is 23.2. The molecule has 0 radical (unpaired) electrons. The van der Waals surface area contributed by atoms with Gasteiger partial charge in [-0.05, 0) is 34.5 Å². The number of carbonyl (C=O) groups excluding carboxylic acids is 2. The summed E-state index contributed by atoms with van der Waals surface area (Å²) in [6, 6.07) is 6.95. The van der Waals surface area contributed by atoms with Crippen molar-refractivity contribution in [3.63, 3.8) is 0 Å². The average molecular weight is 314 g/mol. The number of nitrogens with one attached hydrogen (secondary N) is 1. The smallest absolute Gasteiger partial charge is 0.307 e. The summed E-state index contributed by atoms with van der Waals surface area (Å²) >= 11 is 3.32. The summed E-state index contributed by atoms with van der Waals surface area (Å²) in [5, 5.41) is 2.82. The van der Waals surface area contributed by atoms with Crippen molar-refractivity contribution in [2.45, 2.75) is 25.8 Å². The van der Waals surface area contributed by atoms with E-state index < -0.39 is 0 Å². The third kappa shape index (κ3) is 4.14. The lowest BCUT2D eigenvalue weighted by Gasteiger charge is -2.16. The Hall–Kier alpha value is -1.36. The Labute approximate surface area is 115 Å². The molecule has 1 amide bonds. The first-order valence-electron chi connectivity index (χ1n) is 5.70. The van der Waals surface area contributed by atoms with Gasteiger partial charge in [0.2, 0.25) is 0 Å². The van der Waals surface area contributed by atoms with E-state index in [1.165, 1.54) is 7.11 Å². The summed E-state index contributed by atoms with van der Waals surface area (Å²) in [5.41, 5.74) is 0.556. The van der Waals surface area contributed by atoms with Crippen LogP contribution >= 0.6 is 15.9 Å². The number of hydrogen-bond acceptors (Lipinski definition) is 3. The van der Waals surface area contributed by atoms with Crippen molar-refractivity contribution in [2.75, 3.05) is 7.11 Å². The number of benzene rings is 1. The number of amides is 1. The van der Waals surface area contributed by atoms with Crippen LogP contribution in [0.25, 0.3) is 0 Å². The number of halogens is 1. The van der Waals surface area contributed by atoms with Gasteiger partial charge in [0, 0.05) is 10.5 Å². The van der Waals surface area contributed by atoms with Crippen LogP contribution in [0.15, 0.2) is 28.7 Å². The lowest BCUT2D eigenvalue weighted by atomic mass is 10.1. The minimum absolute atomic E-state index is 0.184. The largest absolute Gasteiger partial charge is 0.469 e. The molecule has 1 aromatic carbocycles. The molecule has 0 heterocycles. The summed E-state index contributed by atoms with van der Waals surface area (Å²) in [5.74, 6) is -0.521. The van der Waals surface area contributed by atoms with E-state index in [-0.39, 0.29) is 24.3 Å². The quantitative estimate of drug-likeness (QED) is 0.850. The summed E-state index contributed by atoms with van der Waals surface area (Å²) in [6.45, 7) is 1.91. The first kappa shape index (κ1) is 14.7. The van der Waals surface area contributed by atoms with Crippen molar-refractivity contribution in [1.29, 1.82) is 0 Å². The Morgan fingerprint density at radius 3 is 2.61 bits per heavy atom. The highest BCUT2D eigenvalue weighted by Crippen LogP contribution is 2.16. The topological polar surface area (TPSA) is 55.4 Å². The molecule has 18 heavy (non-hydrogen) atoms. The Kier molecular flexibility index (Phi) is 5.85. The van der Waals surface area contributed by atoms with Gasteiger partial charge in [-0.1, -0.05) is 19.1 Å². The molecule has 0 bridgehead atoms. The van der Waals surface area contributed by atoms with Crippen molar-refractivity contribution >= 4 is 27.8 Å². The molecule has 0 aliphatic rings. The van der Waals surface area contributed by atoms with Crippen LogP contribution in [0.3, 0.4) is 0 Å². The highest BCUT2D eigenvalue weighted by molar-refractivity contribution is 9.10. The maximum Gasteiger partial charge on any atom is 0.307 e. The molecule has 0 saturated carbocycles. The molecular formula is C13H16BrNO3. The van der Waals surface area contributed by atoms with Crippen LogP contribution in [0.1, 0.15) is 30.1 Å². The van der Waals surface area contributed by atoms with Crippen LogP contribution in [0.5, 0.6) is 0 Å². The first-order chi connectivity index (χ1) is 8.58. The predicted octanol–water partition coefficient (Wildman–Crippen LogP) is 2.52. The van der Waals surface area contributed by atoms with Gasteiger partial charge < -0.3 is 10.1 Å². The van der Waals surface area contributed by atoms with Crippen LogP contribution in [-0.4, -0.2) is 25.0 Å². The highest BCUT2D eigenvalue weighted by atomic mass is 79.9. The second-order valence-corrected chi connectivity index (χ2v) is 4.69. The van der Waals surface area contributed by atoms with E-state index in [1.54, 1.807) is 18.2 Å². The van der Waals surface area contributed by atoms with E-state index in [0.717, 1.165) is 4.47 Å². The zero-order chi connectivity index (χ0) is 13.5. The summed E-state index contributed by atoms with van der Waals surface area (Å²) in [6.07, 6.45) is 0.856. The Balaban J connectivity index is 2.68. The fourth-order valence-electron chi connectivity index (χ4n) is 1.49. The summed E-state index contributed by atoms with van der Waals surface area (Å²) in [7, 11) is 1.34. The van der Waals surface area contributed by atoms with Gasteiger partial charge in [-0.2, -0.15) is 0 Å². The Morgan fingerprint density at radius 1 is 1.39 bits per heavy atom. The van der Waals surface area contributed by atoms with Crippen LogP contribution in [0.4, 0.5) is 0 Å². The lowest BCUT2D eigenvalue weighted by molar-refractivity contribution is -0.141. The fraction of sp³-hybridized carbons (Fsp3) is 0.385. The van der Waals surface area contributed by atoms with Crippen molar-refractivity contribution in [1.82, 2.24) is 5.32 Å². The van der Waals surface area contributed by atoms with Crippen molar-refractivity contribution in [3.05, 3.63) is 34.3 Å². The van der Waals surface area contributed by atoms with E-state index in [1.807, 2.05) is 13.0 Å². The summed E-state index contributed by atoms with van der Waals surface area (Å²) < 4.78 is 5.33. The average Bonchev–Trinajstić information content (AvgIpc) is 2.38. The van der Waals surface area contributed by atoms with Crippen molar-refractivity contribution in [2.24, 2.45) is 0 Å². The van der Waals surface area contributed by atoms with E-state index in [2.05, 4.69) is 26.0 Å². The Morgan fingerprint density at radius 2 is 2.06 bits per heavy atom. The second kappa shape index (κ2) is 7.16. The van der Waals surface area contributed by atoms with Gasteiger partial charge in [-0.15, -0.1) is 0 Å². The zero-order valence-electron chi connectivity index (χ0n) is 10.4. The molecule has 0 saturated heterocycles. The second-order valence-electron chi connectivity index (χ2n) is 3.84. The van der Waals surface area contributed by atoms with Crippen LogP contribution in [0.2, 0.25) is 0 Å². The molecule has 4 nitrogen and oxygen atoms in total. The number of carbonyl (C=O) groups is 2. The molecule has 1 N–H and O–H groups in total. The van der Waals surface area contributed by atoms with E-state index in [9.17, 15) is 9.59 Å². The molecule has 1 rings (SSSR count). The minimum Gasteiger partial charge on any atom is -0.469 e. The van der Waals surface area contributed by atoms with E-state index in [0.29, 0.717) is 12.0 Å². The van der Waals surface area contributed by atoms with E-state index in [4.69, 9.17) is 0 Å². The predicted molar refractivity (Wildman–Crippen MR) is 72.3 cm³/mol. The van der Waals surface area contributed by atoms with Gasteiger partial charge in [0.15, 0.2) is 0 Å². The molecule has 5 heteroatoms.